The monoisotopic (exact) mass is 330 g/mol. The minimum Gasteiger partial charge on any atom is -0.444 e. The Labute approximate surface area is 136 Å². The van der Waals surface area contributed by atoms with Crippen LogP contribution in [-0.4, -0.2) is 67.4 Å². The molecule has 0 aromatic rings. The highest BCUT2D eigenvalue weighted by molar-refractivity contribution is 5.86. The molecule has 1 aliphatic heterocycles. The number of ether oxygens (including phenoxy) is 2. The topological polar surface area (TPSA) is 114 Å². The van der Waals surface area contributed by atoms with Crippen LogP contribution in [0, 0.1) is 5.41 Å². The van der Waals surface area contributed by atoms with Crippen LogP contribution >= 0.6 is 0 Å². The van der Waals surface area contributed by atoms with E-state index in [4.69, 9.17) is 15.2 Å². The molecule has 1 heterocycles. The van der Waals surface area contributed by atoms with Crippen molar-refractivity contribution in [2.75, 3.05) is 33.9 Å². The van der Waals surface area contributed by atoms with E-state index in [1.165, 1.54) is 19.1 Å². The number of carbonyl (C=O) groups excluding carboxylic acids is 3. The van der Waals surface area contributed by atoms with Gasteiger partial charge in [-0.3, -0.25) is 10.2 Å². The van der Waals surface area contributed by atoms with Crippen molar-refractivity contribution in [1.82, 2.24) is 15.3 Å². The lowest BCUT2D eigenvalue weighted by molar-refractivity contribution is -0.136. The van der Waals surface area contributed by atoms with Gasteiger partial charge in [0.15, 0.2) is 0 Å². The fourth-order valence-corrected chi connectivity index (χ4v) is 2.33. The number of likely N-dealkylation sites (tertiary alicyclic amines) is 1. The second-order valence-corrected chi connectivity index (χ2v) is 6.70. The third kappa shape index (κ3) is 4.98. The van der Waals surface area contributed by atoms with Crippen molar-refractivity contribution in [2.24, 2.45) is 11.1 Å². The molecule has 1 rings (SSSR count). The Kier molecular flexibility index (Phi) is 5.81. The van der Waals surface area contributed by atoms with Crippen LogP contribution in [0.15, 0.2) is 0 Å². The smallest absolute Gasteiger partial charge is 0.410 e. The molecule has 1 aliphatic rings. The normalized spacial score (nSPS) is 21.0. The summed E-state index contributed by atoms with van der Waals surface area (Å²) in [5.41, 5.74) is 5.96. The maximum atomic E-state index is 12.5. The summed E-state index contributed by atoms with van der Waals surface area (Å²) in [5, 5.41) is 0.899. The molecule has 0 bridgehead atoms. The molecular formula is C14H26N4O5. The van der Waals surface area contributed by atoms with E-state index in [-0.39, 0.29) is 13.2 Å². The van der Waals surface area contributed by atoms with Crippen LogP contribution in [0.25, 0.3) is 0 Å². The largest absolute Gasteiger partial charge is 0.444 e. The number of hydrogen-bond acceptors (Lipinski definition) is 5. The highest BCUT2D eigenvalue weighted by atomic mass is 16.6. The van der Waals surface area contributed by atoms with E-state index in [2.05, 4.69) is 5.43 Å². The molecule has 23 heavy (non-hydrogen) atoms. The van der Waals surface area contributed by atoms with Crippen molar-refractivity contribution in [3.8, 4) is 0 Å². The van der Waals surface area contributed by atoms with Gasteiger partial charge >= 0.3 is 12.1 Å². The summed E-state index contributed by atoms with van der Waals surface area (Å²) in [6.07, 6.45) is -0.0788. The minimum absolute atomic E-state index is 0.116. The number of methoxy groups -OCH3 is 1. The molecule has 1 fully saturated rings. The Balaban J connectivity index is 2.82. The van der Waals surface area contributed by atoms with Crippen molar-refractivity contribution in [1.29, 1.82) is 0 Å². The average molecular weight is 330 g/mol. The van der Waals surface area contributed by atoms with Crippen LogP contribution in [0.2, 0.25) is 0 Å². The Morgan fingerprint density at radius 2 is 1.96 bits per heavy atom. The number of amides is 4. The Bertz CT molecular complexity index is 476. The number of primary amides is 1. The Hall–Kier alpha value is -2.03. The summed E-state index contributed by atoms with van der Waals surface area (Å²) in [6.45, 7) is 5.96. The lowest BCUT2D eigenvalue weighted by Crippen LogP contribution is -2.54. The fraction of sp³-hybridized carbons (Fsp3) is 0.786. The van der Waals surface area contributed by atoms with Crippen molar-refractivity contribution in [3.05, 3.63) is 0 Å². The van der Waals surface area contributed by atoms with Gasteiger partial charge in [-0.15, -0.1) is 0 Å². The third-order valence-corrected chi connectivity index (χ3v) is 3.51. The molecule has 0 spiro atoms. The van der Waals surface area contributed by atoms with E-state index in [1.54, 1.807) is 20.8 Å². The molecular weight excluding hydrogens is 304 g/mol. The maximum absolute atomic E-state index is 12.5. The van der Waals surface area contributed by atoms with E-state index in [9.17, 15) is 14.4 Å². The van der Waals surface area contributed by atoms with Crippen LogP contribution in [0.3, 0.4) is 0 Å². The van der Waals surface area contributed by atoms with Crippen molar-refractivity contribution < 1.29 is 23.9 Å². The number of hydrazine groups is 1. The van der Waals surface area contributed by atoms with Crippen molar-refractivity contribution in [2.45, 2.75) is 32.8 Å². The van der Waals surface area contributed by atoms with Gasteiger partial charge in [0.1, 0.15) is 5.60 Å². The first-order valence-corrected chi connectivity index (χ1v) is 7.32. The number of nitrogens with one attached hydrogen (secondary N) is 1. The molecule has 9 nitrogen and oxygen atoms in total. The van der Waals surface area contributed by atoms with Gasteiger partial charge < -0.3 is 20.1 Å². The molecule has 132 valence electrons. The highest BCUT2D eigenvalue weighted by Gasteiger charge is 2.47. The van der Waals surface area contributed by atoms with Gasteiger partial charge in [-0.25, -0.2) is 14.6 Å². The van der Waals surface area contributed by atoms with Gasteiger partial charge in [-0.1, -0.05) is 0 Å². The molecule has 0 radical (unpaired) electrons. The van der Waals surface area contributed by atoms with Crippen LogP contribution < -0.4 is 11.2 Å². The molecule has 0 aliphatic carbocycles. The summed E-state index contributed by atoms with van der Waals surface area (Å²) < 4.78 is 10.5. The number of rotatable bonds is 3. The van der Waals surface area contributed by atoms with Crippen molar-refractivity contribution >= 4 is 18.0 Å². The van der Waals surface area contributed by atoms with E-state index >= 15 is 0 Å². The Morgan fingerprint density at radius 1 is 1.35 bits per heavy atom. The maximum Gasteiger partial charge on any atom is 0.410 e. The zero-order valence-electron chi connectivity index (χ0n) is 14.3. The van der Waals surface area contributed by atoms with Gasteiger partial charge in [0, 0.05) is 27.2 Å². The highest BCUT2D eigenvalue weighted by Crippen LogP contribution is 2.32. The molecule has 3 N–H and O–H groups in total. The summed E-state index contributed by atoms with van der Waals surface area (Å²) in [5.74, 6) is -0.424. The summed E-state index contributed by atoms with van der Waals surface area (Å²) >= 11 is 0. The van der Waals surface area contributed by atoms with Crippen molar-refractivity contribution in [3.63, 3.8) is 0 Å². The predicted molar refractivity (Wildman–Crippen MR) is 82.2 cm³/mol. The molecule has 9 heteroatoms. The molecule has 1 saturated heterocycles. The van der Waals surface area contributed by atoms with Crippen LogP contribution in [0.4, 0.5) is 9.59 Å². The van der Waals surface area contributed by atoms with Crippen LogP contribution in [0.5, 0.6) is 0 Å². The second kappa shape index (κ2) is 7.03. The summed E-state index contributed by atoms with van der Waals surface area (Å²) in [4.78, 5) is 37.2. The van der Waals surface area contributed by atoms with Crippen LogP contribution in [0.1, 0.15) is 27.2 Å². The standard InChI is InChI=1S/C14H26N4O5/c1-13(2,3)23-12(21)18-7-6-14(8-18,9-22-5)10(19)16-17(4)11(15)20/h6-9H2,1-5H3,(H2,15,20)(H,16,19)/t14-/m1/s1. The first-order valence-electron chi connectivity index (χ1n) is 7.32. The van der Waals surface area contributed by atoms with Gasteiger partial charge in [0.05, 0.1) is 12.0 Å². The second-order valence-electron chi connectivity index (χ2n) is 6.70. The van der Waals surface area contributed by atoms with E-state index < -0.39 is 29.0 Å². The molecule has 4 amide bonds. The first kappa shape index (κ1) is 19.0. The average Bonchev–Trinajstić information content (AvgIpc) is 2.82. The predicted octanol–water partition coefficient (Wildman–Crippen LogP) is 0.302. The number of nitrogens with zero attached hydrogens (tertiary/aromatic N) is 2. The number of urea groups is 1. The fourth-order valence-electron chi connectivity index (χ4n) is 2.33. The molecule has 0 aromatic carbocycles. The summed E-state index contributed by atoms with van der Waals surface area (Å²) in [6, 6.07) is -0.784. The SMILES string of the molecule is COC[C@@]1(C(=O)NN(C)C(N)=O)CCN(C(=O)OC(C)(C)C)C1. The number of carbonyl (C=O) groups is 3. The van der Waals surface area contributed by atoms with E-state index in [1.807, 2.05) is 0 Å². The Morgan fingerprint density at radius 3 is 2.43 bits per heavy atom. The summed E-state index contributed by atoms with van der Waals surface area (Å²) in [7, 11) is 2.82. The van der Waals surface area contributed by atoms with Gasteiger partial charge in [0.25, 0.3) is 0 Å². The zero-order valence-corrected chi connectivity index (χ0v) is 14.3. The molecule has 0 aromatic heterocycles. The van der Waals surface area contributed by atoms with E-state index in [0.29, 0.717) is 13.0 Å². The molecule has 1 atom stereocenters. The third-order valence-electron chi connectivity index (χ3n) is 3.51. The zero-order chi connectivity index (χ0) is 17.8. The molecule has 0 unspecified atom stereocenters. The lowest BCUT2D eigenvalue weighted by Gasteiger charge is -2.30. The van der Waals surface area contributed by atoms with Gasteiger partial charge in [0.2, 0.25) is 5.91 Å². The number of nitrogens with two attached hydrogens (primary N) is 1. The quantitative estimate of drug-likeness (QED) is 0.722. The first-order chi connectivity index (χ1) is 10.5. The number of hydrogen-bond donors (Lipinski definition) is 2. The van der Waals surface area contributed by atoms with Gasteiger partial charge in [-0.2, -0.15) is 0 Å². The minimum atomic E-state index is -0.949. The van der Waals surface area contributed by atoms with E-state index in [0.717, 1.165) is 5.01 Å². The van der Waals surface area contributed by atoms with Crippen LogP contribution in [-0.2, 0) is 14.3 Å². The molecule has 0 saturated carbocycles. The van der Waals surface area contributed by atoms with Gasteiger partial charge in [-0.05, 0) is 27.2 Å². The lowest BCUT2D eigenvalue weighted by atomic mass is 9.87.